The molecule has 0 heterocycles. The van der Waals surface area contributed by atoms with Crippen LogP contribution in [0.3, 0.4) is 0 Å². The highest BCUT2D eigenvalue weighted by atomic mass is 19.3. The molecule has 3 heteroatoms. The van der Waals surface area contributed by atoms with Crippen LogP contribution in [0.5, 0.6) is 0 Å². The SMILES string of the molecule is CC(C)C(=O)C1(C)CCC(F)(F)CC1. The van der Waals surface area contributed by atoms with Crippen LogP contribution in [0.2, 0.25) is 0 Å². The Hall–Kier alpha value is -0.470. The molecule has 82 valence electrons. The maximum Gasteiger partial charge on any atom is 0.248 e. The third-order valence-electron chi connectivity index (χ3n) is 3.20. The topological polar surface area (TPSA) is 17.1 Å². The predicted octanol–water partition coefficient (Wildman–Crippen LogP) is 3.43. The number of alkyl halides is 2. The van der Waals surface area contributed by atoms with E-state index < -0.39 is 11.3 Å². The van der Waals surface area contributed by atoms with Gasteiger partial charge in [0, 0.05) is 24.2 Å². The van der Waals surface area contributed by atoms with E-state index in [1.807, 2.05) is 20.8 Å². The van der Waals surface area contributed by atoms with Gasteiger partial charge in [0.25, 0.3) is 0 Å². The van der Waals surface area contributed by atoms with E-state index in [0.717, 1.165) is 0 Å². The minimum atomic E-state index is -2.54. The summed E-state index contributed by atoms with van der Waals surface area (Å²) in [6, 6.07) is 0. The molecule has 0 aromatic heterocycles. The molecule has 0 unspecified atom stereocenters. The van der Waals surface area contributed by atoms with Gasteiger partial charge in [0.05, 0.1) is 0 Å². The molecule has 0 bridgehead atoms. The minimum Gasteiger partial charge on any atom is -0.299 e. The van der Waals surface area contributed by atoms with Crippen LogP contribution >= 0.6 is 0 Å². The van der Waals surface area contributed by atoms with Crippen LogP contribution in [0.25, 0.3) is 0 Å². The maximum absolute atomic E-state index is 12.9. The number of hydrogen-bond acceptors (Lipinski definition) is 1. The largest absolute Gasteiger partial charge is 0.299 e. The molecule has 0 radical (unpaired) electrons. The van der Waals surface area contributed by atoms with Gasteiger partial charge in [-0.1, -0.05) is 20.8 Å². The van der Waals surface area contributed by atoms with Gasteiger partial charge in [-0.05, 0) is 12.8 Å². The Labute approximate surface area is 83.9 Å². The number of carbonyl (C=O) groups is 1. The highest BCUT2D eigenvalue weighted by molar-refractivity contribution is 5.86. The van der Waals surface area contributed by atoms with Crippen LogP contribution in [0, 0.1) is 11.3 Å². The molecule has 1 fully saturated rings. The Bertz CT molecular complexity index is 223. The maximum atomic E-state index is 12.9. The van der Waals surface area contributed by atoms with Crippen LogP contribution in [0.4, 0.5) is 8.78 Å². The summed E-state index contributed by atoms with van der Waals surface area (Å²) in [6.07, 6.45) is 0.387. The van der Waals surface area contributed by atoms with Gasteiger partial charge in [-0.25, -0.2) is 8.78 Å². The Balaban J connectivity index is 2.66. The second kappa shape index (κ2) is 3.59. The lowest BCUT2D eigenvalue weighted by Crippen LogP contribution is -2.38. The first-order valence-corrected chi connectivity index (χ1v) is 5.19. The monoisotopic (exact) mass is 204 g/mol. The summed E-state index contributed by atoms with van der Waals surface area (Å²) in [7, 11) is 0. The van der Waals surface area contributed by atoms with E-state index in [1.54, 1.807) is 0 Å². The Kier molecular flexibility index (Phi) is 2.98. The van der Waals surface area contributed by atoms with Crippen LogP contribution in [0.15, 0.2) is 0 Å². The van der Waals surface area contributed by atoms with Gasteiger partial charge in [0.15, 0.2) is 0 Å². The van der Waals surface area contributed by atoms with E-state index in [1.165, 1.54) is 0 Å². The summed E-state index contributed by atoms with van der Waals surface area (Å²) >= 11 is 0. The van der Waals surface area contributed by atoms with E-state index in [0.29, 0.717) is 12.8 Å². The average molecular weight is 204 g/mol. The van der Waals surface area contributed by atoms with Crippen molar-refractivity contribution in [3.63, 3.8) is 0 Å². The molecule has 1 rings (SSSR count). The van der Waals surface area contributed by atoms with Gasteiger partial charge < -0.3 is 0 Å². The molecular formula is C11H18F2O. The predicted molar refractivity (Wildman–Crippen MR) is 51.4 cm³/mol. The van der Waals surface area contributed by atoms with Gasteiger partial charge in [0.2, 0.25) is 5.92 Å². The molecule has 1 aliphatic carbocycles. The molecule has 0 saturated heterocycles. The summed E-state index contributed by atoms with van der Waals surface area (Å²) in [6.45, 7) is 5.49. The van der Waals surface area contributed by atoms with Crippen molar-refractivity contribution in [3.05, 3.63) is 0 Å². The van der Waals surface area contributed by atoms with Crippen LogP contribution in [0.1, 0.15) is 46.5 Å². The van der Waals surface area contributed by atoms with Crippen molar-refractivity contribution in [2.75, 3.05) is 0 Å². The highest BCUT2D eigenvalue weighted by Crippen LogP contribution is 2.44. The van der Waals surface area contributed by atoms with Crippen LogP contribution in [-0.2, 0) is 4.79 Å². The number of rotatable bonds is 2. The lowest BCUT2D eigenvalue weighted by Gasteiger charge is -2.37. The summed E-state index contributed by atoms with van der Waals surface area (Å²) in [5.41, 5.74) is -0.504. The van der Waals surface area contributed by atoms with Crippen LogP contribution in [-0.4, -0.2) is 11.7 Å². The molecule has 0 aromatic carbocycles. The van der Waals surface area contributed by atoms with E-state index in [9.17, 15) is 13.6 Å². The van der Waals surface area contributed by atoms with E-state index >= 15 is 0 Å². The first-order valence-electron chi connectivity index (χ1n) is 5.19. The van der Waals surface area contributed by atoms with Crippen molar-refractivity contribution in [1.82, 2.24) is 0 Å². The van der Waals surface area contributed by atoms with Gasteiger partial charge >= 0.3 is 0 Å². The van der Waals surface area contributed by atoms with E-state index in [-0.39, 0.29) is 24.5 Å². The first-order chi connectivity index (χ1) is 6.27. The molecule has 0 aromatic rings. The van der Waals surface area contributed by atoms with Crippen molar-refractivity contribution in [3.8, 4) is 0 Å². The van der Waals surface area contributed by atoms with Gasteiger partial charge in [-0.2, -0.15) is 0 Å². The Morgan fingerprint density at radius 2 is 1.57 bits per heavy atom. The average Bonchev–Trinajstić information content (AvgIpc) is 2.09. The summed E-state index contributed by atoms with van der Waals surface area (Å²) in [5.74, 6) is -2.46. The molecule has 0 N–H and O–H groups in total. The molecule has 0 atom stereocenters. The summed E-state index contributed by atoms with van der Waals surface area (Å²) in [4.78, 5) is 11.8. The second-order valence-corrected chi connectivity index (χ2v) is 4.94. The molecule has 1 nitrogen and oxygen atoms in total. The minimum absolute atomic E-state index is 0.0493. The van der Waals surface area contributed by atoms with Crippen molar-refractivity contribution >= 4 is 5.78 Å². The zero-order valence-electron chi connectivity index (χ0n) is 9.07. The number of ketones is 1. The van der Waals surface area contributed by atoms with Gasteiger partial charge in [-0.15, -0.1) is 0 Å². The normalized spacial score (nSPS) is 25.0. The fraction of sp³-hybridized carbons (Fsp3) is 0.909. The van der Waals surface area contributed by atoms with Gasteiger partial charge in [0.1, 0.15) is 5.78 Å². The standard InChI is InChI=1S/C11H18F2O/c1-8(2)9(14)10(3)4-6-11(12,13)7-5-10/h8H,4-7H2,1-3H3. The van der Waals surface area contributed by atoms with Gasteiger partial charge in [-0.3, -0.25) is 4.79 Å². The molecule has 1 aliphatic rings. The third-order valence-corrected chi connectivity index (χ3v) is 3.20. The number of carbonyl (C=O) groups excluding carboxylic acids is 1. The zero-order chi connectivity index (χ0) is 11.0. The Morgan fingerprint density at radius 3 is 1.93 bits per heavy atom. The molecule has 0 amide bonds. The smallest absolute Gasteiger partial charge is 0.248 e. The fourth-order valence-corrected chi connectivity index (χ4v) is 2.11. The highest BCUT2D eigenvalue weighted by Gasteiger charge is 2.44. The van der Waals surface area contributed by atoms with Crippen LogP contribution < -0.4 is 0 Å². The number of hydrogen-bond donors (Lipinski definition) is 0. The lowest BCUT2D eigenvalue weighted by molar-refractivity contribution is -0.138. The number of Topliss-reactive ketones (excluding diaryl/α,β-unsaturated/α-hetero) is 1. The molecule has 14 heavy (non-hydrogen) atoms. The van der Waals surface area contributed by atoms with Crippen molar-refractivity contribution in [2.45, 2.75) is 52.4 Å². The number of halogens is 2. The summed E-state index contributed by atoms with van der Waals surface area (Å²) < 4.78 is 25.8. The van der Waals surface area contributed by atoms with E-state index in [2.05, 4.69) is 0 Å². The zero-order valence-corrected chi connectivity index (χ0v) is 9.07. The van der Waals surface area contributed by atoms with E-state index in [4.69, 9.17) is 0 Å². The third kappa shape index (κ3) is 2.31. The molecule has 0 spiro atoms. The summed E-state index contributed by atoms with van der Waals surface area (Å²) in [5, 5.41) is 0. The second-order valence-electron chi connectivity index (χ2n) is 4.94. The molecule has 1 saturated carbocycles. The fourth-order valence-electron chi connectivity index (χ4n) is 2.11. The van der Waals surface area contributed by atoms with Crippen molar-refractivity contribution in [1.29, 1.82) is 0 Å². The van der Waals surface area contributed by atoms with Crippen molar-refractivity contribution in [2.24, 2.45) is 11.3 Å². The lowest BCUT2D eigenvalue weighted by atomic mass is 9.69. The van der Waals surface area contributed by atoms with Crippen molar-refractivity contribution < 1.29 is 13.6 Å². The molecule has 0 aliphatic heterocycles. The molecular weight excluding hydrogens is 186 g/mol. The Morgan fingerprint density at radius 1 is 1.14 bits per heavy atom. The quantitative estimate of drug-likeness (QED) is 0.673. The first kappa shape index (κ1) is 11.6.